The molecular weight excluding hydrogens is 465 g/mol. The molecule has 0 radical (unpaired) electrons. The van der Waals surface area contributed by atoms with Crippen molar-refractivity contribution in [3.8, 4) is 0 Å². The molecule has 1 saturated heterocycles. The maximum atomic E-state index is 15.0. The van der Waals surface area contributed by atoms with E-state index >= 15 is 0 Å². The van der Waals surface area contributed by atoms with Crippen LogP contribution in [-0.2, 0) is 9.47 Å². The molecule has 0 bridgehead atoms. The van der Waals surface area contributed by atoms with Gasteiger partial charge in [-0.1, -0.05) is 55.7 Å². The van der Waals surface area contributed by atoms with Gasteiger partial charge in [-0.15, -0.1) is 0 Å². The lowest BCUT2D eigenvalue weighted by molar-refractivity contribution is 0.0820. The third-order valence-corrected chi connectivity index (χ3v) is 8.57. The topological polar surface area (TPSA) is 37.0 Å². The Hall–Kier alpha value is -2.57. The Labute approximate surface area is 221 Å². The van der Waals surface area contributed by atoms with Gasteiger partial charge in [0.25, 0.3) is 0 Å². The van der Waals surface area contributed by atoms with E-state index in [1.807, 2.05) is 12.1 Å². The smallest absolute Gasteiger partial charge is 0.231 e. The first-order chi connectivity index (χ1) is 18.2. The predicted molar refractivity (Wildman–Crippen MR) is 146 cm³/mol. The van der Waals surface area contributed by atoms with Crippen LogP contribution < -0.4 is 5.32 Å². The molecule has 5 nitrogen and oxygen atoms in total. The minimum Gasteiger partial charge on any atom is -0.456 e. The van der Waals surface area contributed by atoms with E-state index in [0.717, 1.165) is 69.2 Å². The van der Waals surface area contributed by atoms with Crippen molar-refractivity contribution in [2.24, 2.45) is 5.92 Å². The monoisotopic (exact) mass is 507 g/mol. The molecule has 6 heteroatoms. The minimum atomic E-state index is -0.0674. The van der Waals surface area contributed by atoms with Gasteiger partial charge in [0, 0.05) is 38.1 Å². The van der Waals surface area contributed by atoms with Gasteiger partial charge in [0.05, 0.1) is 0 Å². The highest BCUT2D eigenvalue weighted by Crippen LogP contribution is 2.36. The van der Waals surface area contributed by atoms with Crippen molar-refractivity contribution in [1.82, 2.24) is 15.1 Å². The Morgan fingerprint density at radius 3 is 2.51 bits per heavy atom. The summed E-state index contributed by atoms with van der Waals surface area (Å²) in [7, 11) is 2.06. The number of hydrogen-bond acceptors (Lipinski definition) is 5. The average molecular weight is 508 g/mol. The van der Waals surface area contributed by atoms with E-state index in [1.165, 1.54) is 37.7 Å². The number of nitrogens with one attached hydrogen (secondary N) is 1. The molecule has 0 aromatic heterocycles. The molecule has 2 aliphatic carbocycles. The van der Waals surface area contributed by atoms with Gasteiger partial charge in [-0.2, -0.15) is 0 Å². The van der Waals surface area contributed by atoms with Crippen LogP contribution in [0.3, 0.4) is 0 Å². The number of hydrogen-bond donors (Lipinski definition) is 1. The van der Waals surface area contributed by atoms with E-state index < -0.39 is 0 Å². The highest BCUT2D eigenvalue weighted by molar-refractivity contribution is 5.33. The molecule has 1 saturated carbocycles. The van der Waals surface area contributed by atoms with Crippen molar-refractivity contribution in [1.29, 1.82) is 0 Å². The fourth-order valence-electron chi connectivity index (χ4n) is 6.47. The Morgan fingerprint density at radius 1 is 1.03 bits per heavy atom. The van der Waals surface area contributed by atoms with E-state index in [9.17, 15) is 4.39 Å². The number of piperazine rings is 1. The van der Waals surface area contributed by atoms with Crippen LogP contribution in [0.5, 0.6) is 0 Å². The van der Waals surface area contributed by atoms with Crippen LogP contribution in [0.25, 0.3) is 0 Å². The molecule has 2 aliphatic heterocycles. The Morgan fingerprint density at radius 2 is 1.84 bits per heavy atom. The van der Waals surface area contributed by atoms with Crippen LogP contribution >= 0.6 is 0 Å². The normalized spacial score (nSPS) is 22.9. The van der Waals surface area contributed by atoms with Gasteiger partial charge < -0.3 is 19.7 Å². The molecule has 2 unspecified atom stereocenters. The molecule has 2 atom stereocenters. The third kappa shape index (κ3) is 6.47. The number of nitrogens with zero attached hydrogens (tertiary/aromatic N) is 2. The Bertz CT molecular complexity index is 1020. The number of benzene rings is 1. The summed E-state index contributed by atoms with van der Waals surface area (Å²) < 4.78 is 26.9. The molecule has 1 N–H and O–H groups in total. The first-order valence-corrected chi connectivity index (χ1v) is 14.2. The lowest BCUT2D eigenvalue weighted by atomic mass is 9.75. The molecule has 0 amide bonds. The average Bonchev–Trinajstić information content (AvgIpc) is 2.97. The second-order valence-corrected chi connectivity index (χ2v) is 10.8. The van der Waals surface area contributed by atoms with Crippen molar-refractivity contribution in [2.45, 2.75) is 63.3 Å². The summed E-state index contributed by atoms with van der Waals surface area (Å²) in [4.78, 5) is 4.77. The van der Waals surface area contributed by atoms with Crippen LogP contribution in [0.2, 0.25) is 0 Å². The maximum Gasteiger partial charge on any atom is 0.231 e. The number of ether oxygens (including phenoxy) is 2. The Balaban J connectivity index is 1.16. The van der Waals surface area contributed by atoms with Crippen molar-refractivity contribution in [3.05, 3.63) is 83.6 Å². The fourth-order valence-corrected chi connectivity index (χ4v) is 6.47. The highest BCUT2D eigenvalue weighted by atomic mass is 19.1. The summed E-state index contributed by atoms with van der Waals surface area (Å²) in [6.45, 7) is 4.69. The van der Waals surface area contributed by atoms with Crippen molar-refractivity contribution >= 4 is 0 Å². The largest absolute Gasteiger partial charge is 0.456 e. The molecule has 200 valence electrons. The molecule has 1 aromatic rings. The Kier molecular flexibility index (Phi) is 9.01. The third-order valence-electron chi connectivity index (χ3n) is 8.57. The van der Waals surface area contributed by atoms with Gasteiger partial charge in [-0.25, -0.2) is 4.39 Å². The highest BCUT2D eigenvalue weighted by Gasteiger charge is 2.32. The van der Waals surface area contributed by atoms with Crippen LogP contribution in [0.4, 0.5) is 4.39 Å². The summed E-state index contributed by atoms with van der Waals surface area (Å²) in [5.41, 5.74) is 2.05. The van der Waals surface area contributed by atoms with E-state index in [1.54, 1.807) is 24.7 Å². The molecule has 0 spiro atoms. The summed E-state index contributed by atoms with van der Waals surface area (Å²) in [5, 5.41) is 3.62. The van der Waals surface area contributed by atoms with Crippen LogP contribution in [0.15, 0.2) is 72.2 Å². The molecule has 4 aliphatic rings. The molecule has 2 heterocycles. The van der Waals surface area contributed by atoms with Gasteiger partial charge >= 0.3 is 0 Å². The zero-order valence-corrected chi connectivity index (χ0v) is 22.2. The first-order valence-electron chi connectivity index (χ1n) is 14.2. The first kappa shape index (κ1) is 26.1. The summed E-state index contributed by atoms with van der Waals surface area (Å²) in [6.07, 6.45) is 19.2. The van der Waals surface area contributed by atoms with Crippen molar-refractivity contribution in [3.63, 3.8) is 0 Å². The van der Waals surface area contributed by atoms with Crippen LogP contribution in [-0.4, -0.2) is 55.6 Å². The van der Waals surface area contributed by atoms with Gasteiger partial charge in [0.1, 0.15) is 12.1 Å². The number of halogens is 1. The lowest BCUT2D eigenvalue weighted by Crippen LogP contribution is -2.47. The van der Waals surface area contributed by atoms with Gasteiger partial charge in [-0.05, 0) is 68.8 Å². The summed E-state index contributed by atoms with van der Waals surface area (Å²) in [5.74, 6) is 2.32. The van der Waals surface area contributed by atoms with Crippen LogP contribution in [0.1, 0.15) is 62.8 Å². The summed E-state index contributed by atoms with van der Waals surface area (Å²) in [6, 6.07) is 7.72. The number of rotatable bonds is 9. The zero-order valence-electron chi connectivity index (χ0n) is 22.2. The maximum absolute atomic E-state index is 15.0. The van der Waals surface area contributed by atoms with Crippen LogP contribution in [0, 0.1) is 11.7 Å². The zero-order chi connectivity index (χ0) is 25.5. The number of allylic oxidation sites excluding steroid dienone is 4. The molecule has 37 heavy (non-hydrogen) atoms. The second-order valence-electron chi connectivity index (χ2n) is 10.8. The molecule has 5 rings (SSSR count). The number of likely N-dealkylation sites (N-methyl/N-ethyl adjacent to an activating group) is 1. The minimum absolute atomic E-state index is 0.0674. The lowest BCUT2D eigenvalue weighted by Gasteiger charge is -2.39. The van der Waals surface area contributed by atoms with E-state index in [4.69, 9.17) is 9.47 Å². The van der Waals surface area contributed by atoms with E-state index in [0.29, 0.717) is 12.0 Å². The van der Waals surface area contributed by atoms with Crippen molar-refractivity contribution < 1.29 is 13.9 Å². The SMILES string of the molecule is CNC(C1CCCCC1)C(CCN1CCN(C2=COC(C3=CC=CCC3)=CO2)CC1)c1ccccc1F. The quantitative estimate of drug-likeness (QED) is 0.441. The predicted octanol–water partition coefficient (Wildman–Crippen LogP) is 6.05. The van der Waals surface area contributed by atoms with Gasteiger partial charge in [-0.3, -0.25) is 4.90 Å². The van der Waals surface area contributed by atoms with Crippen molar-refractivity contribution in [2.75, 3.05) is 39.8 Å². The standard InChI is InChI=1S/C31H42FN3O2/c1-33-31(25-12-6-3-7-13-25)27(26-14-8-9-15-28(26)32)16-17-34-18-20-35(21-19-34)30-23-36-29(22-37-30)24-10-4-2-5-11-24/h2,4,8-10,14-15,22-23,25,27,31,33H,3,5-7,11-13,16-21H2,1H3. The van der Waals surface area contributed by atoms with E-state index in [2.05, 4.69) is 40.4 Å². The molecular formula is C31H42FN3O2. The second kappa shape index (κ2) is 12.8. The van der Waals surface area contributed by atoms with Gasteiger partial charge in [0.15, 0.2) is 12.0 Å². The summed E-state index contributed by atoms with van der Waals surface area (Å²) >= 11 is 0. The van der Waals surface area contributed by atoms with E-state index in [-0.39, 0.29) is 11.7 Å². The van der Waals surface area contributed by atoms with Gasteiger partial charge in [0.2, 0.25) is 5.88 Å². The molecule has 1 aromatic carbocycles. The molecule has 2 fully saturated rings. The fraction of sp³-hybridized carbons (Fsp3) is 0.548.